The Kier molecular flexibility index (Phi) is 5.49. The van der Waals surface area contributed by atoms with Crippen LogP contribution >= 0.6 is 15.9 Å². The Hall–Kier alpha value is -2.21. The lowest BCUT2D eigenvalue weighted by Crippen LogP contribution is -2.45. The van der Waals surface area contributed by atoms with E-state index in [1.807, 2.05) is 17.0 Å². The van der Waals surface area contributed by atoms with Gasteiger partial charge in [-0.2, -0.15) is 0 Å². The molecule has 2 heterocycles. The number of halogens is 2. The van der Waals surface area contributed by atoms with Gasteiger partial charge in [-0.05, 0) is 64.5 Å². The largest absolute Gasteiger partial charge is 0.339 e. The van der Waals surface area contributed by atoms with Crippen LogP contribution in [-0.2, 0) is 17.8 Å². The number of rotatable bonds is 2. The first-order chi connectivity index (χ1) is 13.5. The van der Waals surface area contributed by atoms with E-state index in [-0.39, 0.29) is 23.5 Å². The fourth-order valence-corrected chi connectivity index (χ4v) is 4.63. The second-order valence-corrected chi connectivity index (χ2v) is 8.32. The lowest BCUT2D eigenvalue weighted by molar-refractivity contribution is -0.137. The van der Waals surface area contributed by atoms with Crippen LogP contribution in [0.1, 0.15) is 34.3 Å². The van der Waals surface area contributed by atoms with Crippen LogP contribution in [0.4, 0.5) is 4.39 Å². The third-order valence-corrected chi connectivity index (χ3v) is 6.39. The normalized spacial score (nSPS) is 17.4. The van der Waals surface area contributed by atoms with Gasteiger partial charge in [-0.1, -0.05) is 24.3 Å². The van der Waals surface area contributed by atoms with Gasteiger partial charge in [0.25, 0.3) is 5.91 Å². The predicted molar refractivity (Wildman–Crippen MR) is 108 cm³/mol. The van der Waals surface area contributed by atoms with Crippen molar-refractivity contribution in [1.29, 1.82) is 0 Å². The Bertz CT molecular complexity index is 909. The standard InChI is InChI=1S/C22H22BrFN2O2/c23-20-13-18(24)5-6-19(20)22(28)25-10-8-16(9-11-25)21(27)26-12-7-15-3-1-2-4-17(15)14-26/h1-6,13,16H,7-12,14H2. The monoisotopic (exact) mass is 444 g/mol. The van der Waals surface area contributed by atoms with Crippen molar-refractivity contribution in [2.75, 3.05) is 19.6 Å². The number of amides is 2. The van der Waals surface area contributed by atoms with Gasteiger partial charge >= 0.3 is 0 Å². The lowest BCUT2D eigenvalue weighted by Gasteiger charge is -2.36. The Balaban J connectivity index is 1.36. The highest BCUT2D eigenvalue weighted by Crippen LogP contribution is 2.26. The first kappa shape index (κ1) is 19.1. The molecule has 146 valence electrons. The molecule has 0 atom stereocenters. The number of piperidine rings is 1. The molecule has 0 spiro atoms. The SMILES string of the molecule is O=C(c1ccc(F)cc1Br)N1CCC(C(=O)N2CCc3ccccc3C2)CC1. The van der Waals surface area contributed by atoms with Gasteiger partial charge in [-0.15, -0.1) is 0 Å². The Morgan fingerprint density at radius 2 is 1.68 bits per heavy atom. The van der Waals surface area contributed by atoms with Crippen molar-refractivity contribution < 1.29 is 14.0 Å². The smallest absolute Gasteiger partial charge is 0.255 e. The highest BCUT2D eigenvalue weighted by molar-refractivity contribution is 9.10. The van der Waals surface area contributed by atoms with Gasteiger partial charge in [0, 0.05) is 36.6 Å². The van der Waals surface area contributed by atoms with Crippen LogP contribution in [0.25, 0.3) is 0 Å². The number of hydrogen-bond donors (Lipinski definition) is 0. The highest BCUT2D eigenvalue weighted by atomic mass is 79.9. The summed E-state index contributed by atoms with van der Waals surface area (Å²) in [6, 6.07) is 12.4. The maximum Gasteiger partial charge on any atom is 0.255 e. The minimum atomic E-state index is -0.379. The molecule has 0 bridgehead atoms. The molecule has 0 N–H and O–H groups in total. The summed E-state index contributed by atoms with van der Waals surface area (Å²) in [5, 5.41) is 0. The molecule has 2 aromatic rings. The molecular weight excluding hydrogens is 423 g/mol. The summed E-state index contributed by atoms with van der Waals surface area (Å²) in [6.07, 6.45) is 2.24. The van der Waals surface area contributed by atoms with Crippen molar-refractivity contribution in [1.82, 2.24) is 9.80 Å². The number of carbonyl (C=O) groups excluding carboxylic acids is 2. The molecule has 4 rings (SSSR count). The average Bonchev–Trinajstić information content (AvgIpc) is 2.72. The van der Waals surface area contributed by atoms with E-state index < -0.39 is 0 Å². The second-order valence-electron chi connectivity index (χ2n) is 7.47. The maximum absolute atomic E-state index is 13.3. The molecule has 2 amide bonds. The number of carbonyl (C=O) groups is 2. The first-order valence-electron chi connectivity index (χ1n) is 9.63. The molecule has 0 radical (unpaired) electrons. The highest BCUT2D eigenvalue weighted by Gasteiger charge is 2.32. The summed E-state index contributed by atoms with van der Waals surface area (Å²) >= 11 is 3.27. The zero-order chi connectivity index (χ0) is 19.7. The van der Waals surface area contributed by atoms with Gasteiger partial charge in [-0.3, -0.25) is 9.59 Å². The van der Waals surface area contributed by atoms with E-state index >= 15 is 0 Å². The van der Waals surface area contributed by atoms with E-state index in [4.69, 9.17) is 0 Å². The Labute approximate surface area is 172 Å². The number of benzene rings is 2. The fourth-order valence-electron chi connectivity index (χ4n) is 4.10. The van der Waals surface area contributed by atoms with Crippen molar-refractivity contribution in [3.63, 3.8) is 0 Å². The molecule has 2 aromatic carbocycles. The summed E-state index contributed by atoms with van der Waals surface area (Å²) in [4.78, 5) is 29.4. The van der Waals surface area contributed by atoms with Crippen LogP contribution in [0.3, 0.4) is 0 Å². The summed E-state index contributed by atoms with van der Waals surface area (Å²) in [6.45, 7) is 2.53. The molecule has 4 nitrogen and oxygen atoms in total. The molecule has 6 heteroatoms. The number of nitrogens with zero attached hydrogens (tertiary/aromatic N) is 2. The Morgan fingerprint density at radius 1 is 0.964 bits per heavy atom. The third-order valence-electron chi connectivity index (χ3n) is 5.74. The molecule has 0 saturated carbocycles. The van der Waals surface area contributed by atoms with E-state index in [1.54, 1.807) is 4.90 Å². The van der Waals surface area contributed by atoms with Gasteiger partial charge in [-0.25, -0.2) is 4.39 Å². The van der Waals surface area contributed by atoms with Crippen molar-refractivity contribution >= 4 is 27.7 Å². The molecule has 2 aliphatic heterocycles. The molecule has 1 saturated heterocycles. The Morgan fingerprint density at radius 3 is 2.39 bits per heavy atom. The summed E-state index contributed by atoms with van der Waals surface area (Å²) in [7, 11) is 0. The van der Waals surface area contributed by atoms with E-state index in [1.165, 1.54) is 29.3 Å². The van der Waals surface area contributed by atoms with Crippen LogP contribution in [0.15, 0.2) is 46.9 Å². The summed E-state index contributed by atoms with van der Waals surface area (Å²) < 4.78 is 13.7. The maximum atomic E-state index is 13.3. The molecule has 28 heavy (non-hydrogen) atoms. The van der Waals surface area contributed by atoms with Crippen molar-refractivity contribution in [2.45, 2.75) is 25.8 Å². The topological polar surface area (TPSA) is 40.6 Å². The van der Waals surface area contributed by atoms with Gasteiger partial charge in [0.1, 0.15) is 5.82 Å². The van der Waals surface area contributed by atoms with Crippen LogP contribution < -0.4 is 0 Å². The van der Waals surface area contributed by atoms with Crippen molar-refractivity contribution in [2.24, 2.45) is 5.92 Å². The van der Waals surface area contributed by atoms with Gasteiger partial charge < -0.3 is 9.80 Å². The van der Waals surface area contributed by atoms with Crippen LogP contribution in [0.5, 0.6) is 0 Å². The summed E-state index contributed by atoms with van der Waals surface area (Å²) in [5.41, 5.74) is 3.02. The summed E-state index contributed by atoms with van der Waals surface area (Å²) in [5.74, 6) is -0.337. The minimum Gasteiger partial charge on any atom is -0.339 e. The number of fused-ring (bicyclic) bond motifs is 1. The molecule has 1 fully saturated rings. The molecule has 0 aliphatic carbocycles. The minimum absolute atomic E-state index is 0.0361. The predicted octanol–water partition coefficient (Wildman–Crippen LogP) is 4.03. The zero-order valence-corrected chi connectivity index (χ0v) is 17.1. The number of hydrogen-bond acceptors (Lipinski definition) is 2. The molecular formula is C22H22BrFN2O2. The van der Waals surface area contributed by atoms with E-state index in [2.05, 4.69) is 28.1 Å². The zero-order valence-electron chi connectivity index (χ0n) is 15.5. The third kappa shape index (κ3) is 3.83. The van der Waals surface area contributed by atoms with Crippen molar-refractivity contribution in [3.05, 3.63) is 69.4 Å². The number of likely N-dealkylation sites (tertiary alicyclic amines) is 1. The second kappa shape index (κ2) is 8.03. The van der Waals surface area contributed by atoms with Crippen LogP contribution in [0.2, 0.25) is 0 Å². The van der Waals surface area contributed by atoms with E-state index in [0.717, 1.165) is 13.0 Å². The van der Waals surface area contributed by atoms with E-state index in [0.29, 0.717) is 42.5 Å². The average molecular weight is 445 g/mol. The van der Waals surface area contributed by atoms with Crippen LogP contribution in [0, 0.1) is 11.7 Å². The molecule has 0 aromatic heterocycles. The van der Waals surface area contributed by atoms with Crippen molar-refractivity contribution in [3.8, 4) is 0 Å². The van der Waals surface area contributed by atoms with Gasteiger partial charge in [0.15, 0.2) is 0 Å². The van der Waals surface area contributed by atoms with Crippen LogP contribution in [-0.4, -0.2) is 41.2 Å². The van der Waals surface area contributed by atoms with Gasteiger partial charge in [0.2, 0.25) is 5.91 Å². The quantitative estimate of drug-likeness (QED) is 0.701. The molecule has 0 unspecified atom stereocenters. The lowest BCUT2D eigenvalue weighted by atomic mass is 9.92. The first-order valence-corrected chi connectivity index (χ1v) is 10.4. The molecule has 2 aliphatic rings. The van der Waals surface area contributed by atoms with E-state index in [9.17, 15) is 14.0 Å². The van der Waals surface area contributed by atoms with Gasteiger partial charge in [0.05, 0.1) is 5.56 Å². The fraction of sp³-hybridized carbons (Fsp3) is 0.364.